The quantitative estimate of drug-likeness (QED) is 0.481. The first kappa shape index (κ1) is 15.4. The van der Waals surface area contributed by atoms with Gasteiger partial charge in [0.2, 0.25) is 0 Å². The highest BCUT2D eigenvalue weighted by Crippen LogP contribution is 2.28. The second-order valence-electron chi connectivity index (χ2n) is 5.28. The van der Waals surface area contributed by atoms with Gasteiger partial charge in [-0.05, 0) is 24.3 Å². The summed E-state index contributed by atoms with van der Waals surface area (Å²) in [6.45, 7) is 0.442. The zero-order chi connectivity index (χ0) is 17.1. The Kier molecular flexibility index (Phi) is 4.19. The van der Waals surface area contributed by atoms with Crippen molar-refractivity contribution in [3.05, 3.63) is 65.0 Å². The molecule has 0 radical (unpaired) electrons. The average Bonchev–Trinajstić information content (AvgIpc) is 3.29. The number of hydrogen-bond donors (Lipinski definition) is 3. The summed E-state index contributed by atoms with van der Waals surface area (Å²) in [7, 11) is 0. The highest BCUT2D eigenvalue weighted by Gasteiger charge is 2.10. The highest BCUT2D eigenvalue weighted by atomic mass is 32.1. The zero-order valence-electron chi connectivity index (χ0n) is 13.1. The van der Waals surface area contributed by atoms with Gasteiger partial charge in [-0.1, -0.05) is 0 Å². The molecule has 4 rings (SSSR count). The van der Waals surface area contributed by atoms with Crippen LogP contribution in [0.4, 0.5) is 0 Å². The van der Waals surface area contributed by atoms with Crippen molar-refractivity contribution in [3.8, 4) is 11.3 Å². The summed E-state index contributed by atoms with van der Waals surface area (Å²) in [4.78, 5) is 27.9. The number of hydrogen-bond acceptors (Lipinski definition) is 6. The van der Waals surface area contributed by atoms with E-state index in [0.29, 0.717) is 12.1 Å². The van der Waals surface area contributed by atoms with Crippen LogP contribution in [0.1, 0.15) is 15.4 Å². The van der Waals surface area contributed by atoms with E-state index in [1.165, 1.54) is 17.5 Å². The van der Waals surface area contributed by atoms with Gasteiger partial charge in [0.15, 0.2) is 0 Å². The predicted octanol–water partition coefficient (Wildman–Crippen LogP) is 2.52. The molecule has 7 nitrogen and oxygen atoms in total. The third kappa shape index (κ3) is 3.25. The fourth-order valence-electron chi connectivity index (χ4n) is 2.45. The van der Waals surface area contributed by atoms with Gasteiger partial charge >= 0.3 is 0 Å². The van der Waals surface area contributed by atoms with Crippen LogP contribution in [0, 0.1) is 0 Å². The number of aromatic nitrogens is 4. The van der Waals surface area contributed by atoms with E-state index in [4.69, 9.17) is 0 Å². The lowest BCUT2D eigenvalue weighted by Gasteiger charge is -2.04. The first-order valence-corrected chi connectivity index (χ1v) is 8.49. The van der Waals surface area contributed by atoms with Crippen molar-refractivity contribution in [3.63, 3.8) is 0 Å². The summed E-state index contributed by atoms with van der Waals surface area (Å²) in [5, 5.41) is 3.91. The number of aromatic amines is 1. The van der Waals surface area contributed by atoms with Gasteiger partial charge in [0.05, 0.1) is 17.8 Å². The third-order valence-electron chi connectivity index (χ3n) is 3.64. The average molecular weight is 350 g/mol. The van der Waals surface area contributed by atoms with Crippen LogP contribution in [-0.2, 0) is 6.54 Å². The van der Waals surface area contributed by atoms with E-state index < -0.39 is 0 Å². The lowest BCUT2D eigenvalue weighted by atomic mass is 10.2. The number of carbonyl (C=O) groups is 1. The van der Waals surface area contributed by atoms with Crippen LogP contribution in [0.5, 0.6) is 0 Å². The van der Waals surface area contributed by atoms with Crippen molar-refractivity contribution < 1.29 is 4.79 Å². The standard InChI is InChI=1S/C17H14N6OS/c24-17(11-3-1-5-18-7-11)23-21-9-15-22-14(10-25-15)13-8-20-16-12(13)4-2-6-19-16/h1-8,10,21H,9H2,(H,19,20)(H,23,24). The molecule has 0 aliphatic heterocycles. The number of fused-ring (bicyclic) bond motifs is 1. The smallest absolute Gasteiger partial charge is 0.266 e. The number of carbonyl (C=O) groups excluding carboxylic acids is 1. The molecule has 124 valence electrons. The molecule has 4 aromatic rings. The maximum absolute atomic E-state index is 11.9. The van der Waals surface area contributed by atoms with E-state index >= 15 is 0 Å². The molecule has 0 aliphatic rings. The van der Waals surface area contributed by atoms with Crippen LogP contribution >= 0.6 is 11.3 Å². The predicted molar refractivity (Wildman–Crippen MR) is 95.7 cm³/mol. The van der Waals surface area contributed by atoms with Crippen molar-refractivity contribution in [2.75, 3.05) is 0 Å². The molecule has 3 N–H and O–H groups in total. The zero-order valence-corrected chi connectivity index (χ0v) is 13.9. The van der Waals surface area contributed by atoms with Gasteiger partial charge in [0.25, 0.3) is 5.91 Å². The maximum Gasteiger partial charge on any atom is 0.266 e. The topological polar surface area (TPSA) is 95.6 Å². The summed E-state index contributed by atoms with van der Waals surface area (Å²) in [5.41, 5.74) is 8.79. The number of nitrogens with zero attached hydrogens (tertiary/aromatic N) is 3. The summed E-state index contributed by atoms with van der Waals surface area (Å²) in [6, 6.07) is 7.34. The first-order valence-electron chi connectivity index (χ1n) is 7.61. The van der Waals surface area contributed by atoms with E-state index in [1.807, 2.05) is 23.7 Å². The lowest BCUT2D eigenvalue weighted by Crippen LogP contribution is -2.36. The van der Waals surface area contributed by atoms with Gasteiger partial charge in [-0.3, -0.25) is 15.2 Å². The Hall–Kier alpha value is -3.10. The number of H-pyrrole nitrogens is 1. The molecule has 0 aromatic carbocycles. The van der Waals surface area contributed by atoms with Crippen molar-refractivity contribution in [2.45, 2.75) is 6.54 Å². The van der Waals surface area contributed by atoms with Crippen LogP contribution in [0.3, 0.4) is 0 Å². The molecule has 8 heteroatoms. The Morgan fingerprint density at radius 1 is 1.24 bits per heavy atom. The van der Waals surface area contributed by atoms with E-state index in [2.05, 4.69) is 30.8 Å². The minimum absolute atomic E-state index is 0.229. The molecular weight excluding hydrogens is 336 g/mol. The van der Waals surface area contributed by atoms with Gasteiger partial charge in [-0.15, -0.1) is 11.3 Å². The molecule has 0 bridgehead atoms. The third-order valence-corrected chi connectivity index (χ3v) is 4.49. The van der Waals surface area contributed by atoms with Crippen LogP contribution < -0.4 is 10.9 Å². The van der Waals surface area contributed by atoms with Crippen LogP contribution in [-0.4, -0.2) is 25.8 Å². The number of rotatable bonds is 5. The van der Waals surface area contributed by atoms with Crippen LogP contribution in [0.2, 0.25) is 0 Å². The number of pyridine rings is 2. The van der Waals surface area contributed by atoms with Crippen LogP contribution in [0.25, 0.3) is 22.3 Å². The molecule has 25 heavy (non-hydrogen) atoms. The molecule has 0 atom stereocenters. The van der Waals surface area contributed by atoms with Gasteiger partial charge in [0.1, 0.15) is 10.7 Å². The number of nitrogens with one attached hydrogen (secondary N) is 3. The van der Waals surface area contributed by atoms with E-state index in [1.54, 1.807) is 24.5 Å². The second-order valence-corrected chi connectivity index (χ2v) is 6.22. The van der Waals surface area contributed by atoms with Gasteiger partial charge < -0.3 is 4.98 Å². The fraction of sp³-hybridized carbons (Fsp3) is 0.0588. The molecule has 0 fully saturated rings. The first-order chi connectivity index (χ1) is 12.3. The van der Waals surface area contributed by atoms with E-state index in [-0.39, 0.29) is 5.91 Å². The number of amides is 1. The van der Waals surface area contributed by atoms with Crippen molar-refractivity contribution in [1.82, 2.24) is 30.8 Å². The Bertz CT molecular complexity index is 1010. The summed E-state index contributed by atoms with van der Waals surface area (Å²) >= 11 is 1.53. The molecular formula is C17H14N6OS. The minimum atomic E-state index is -0.229. The number of thiazole rings is 1. The van der Waals surface area contributed by atoms with E-state index in [9.17, 15) is 4.79 Å². The Morgan fingerprint density at radius 3 is 3.04 bits per heavy atom. The second kappa shape index (κ2) is 6.80. The van der Waals surface area contributed by atoms with Gasteiger partial charge in [-0.2, -0.15) is 0 Å². The Labute approximate surface area is 147 Å². The summed E-state index contributed by atoms with van der Waals surface area (Å²) in [5.74, 6) is -0.229. The Morgan fingerprint density at radius 2 is 2.16 bits per heavy atom. The summed E-state index contributed by atoms with van der Waals surface area (Å²) < 4.78 is 0. The summed E-state index contributed by atoms with van der Waals surface area (Å²) in [6.07, 6.45) is 6.81. The minimum Gasteiger partial charge on any atom is -0.345 e. The molecule has 0 aliphatic carbocycles. The largest absolute Gasteiger partial charge is 0.345 e. The van der Waals surface area contributed by atoms with Crippen molar-refractivity contribution >= 4 is 28.3 Å². The normalized spacial score (nSPS) is 10.9. The van der Waals surface area contributed by atoms with Crippen LogP contribution in [0.15, 0.2) is 54.4 Å². The van der Waals surface area contributed by atoms with E-state index in [0.717, 1.165) is 27.3 Å². The fourth-order valence-corrected chi connectivity index (χ4v) is 3.19. The Balaban J connectivity index is 1.41. The molecule has 0 spiro atoms. The molecule has 4 aromatic heterocycles. The molecule has 0 saturated heterocycles. The van der Waals surface area contributed by atoms with Crippen molar-refractivity contribution in [2.24, 2.45) is 0 Å². The van der Waals surface area contributed by atoms with Gasteiger partial charge in [-0.25, -0.2) is 15.4 Å². The SMILES string of the molecule is O=C(NNCc1nc(-c2c[nH]c3ncccc23)cs1)c1cccnc1. The highest BCUT2D eigenvalue weighted by molar-refractivity contribution is 7.09. The maximum atomic E-state index is 11.9. The molecule has 0 saturated carbocycles. The molecule has 4 heterocycles. The van der Waals surface area contributed by atoms with Gasteiger partial charge in [0, 0.05) is 41.1 Å². The monoisotopic (exact) mass is 350 g/mol. The number of hydrazine groups is 1. The molecule has 1 amide bonds. The lowest BCUT2D eigenvalue weighted by molar-refractivity contribution is 0.0932. The molecule has 0 unspecified atom stereocenters. The van der Waals surface area contributed by atoms with Crippen molar-refractivity contribution in [1.29, 1.82) is 0 Å².